The van der Waals surface area contributed by atoms with Gasteiger partial charge in [-0.2, -0.15) is 0 Å². The number of aryl methyl sites for hydroxylation is 1. The molecule has 0 saturated heterocycles. The van der Waals surface area contributed by atoms with Crippen LogP contribution in [-0.2, 0) is 19.6 Å². The number of hydrogen-bond donors (Lipinski definition) is 1. The number of rotatable bonds is 6. The molecule has 1 aromatic heterocycles. The summed E-state index contributed by atoms with van der Waals surface area (Å²) in [6.45, 7) is 3.35. The van der Waals surface area contributed by atoms with Gasteiger partial charge in [0.2, 0.25) is 0 Å². The molecule has 3 nitrogen and oxygen atoms in total. The van der Waals surface area contributed by atoms with Crippen molar-refractivity contribution in [3.63, 3.8) is 0 Å². The number of ether oxygens (including phenoxy) is 1. The van der Waals surface area contributed by atoms with E-state index in [0.717, 1.165) is 30.2 Å². The standard InChI is InChI=1S/C15H19NO2/c1-3-12-4-6-13(7-5-12)17-11-15-9-8-14(18-15)10-16-2/h4-9,16H,3,10-11H2,1-2H3. The Hall–Kier alpha value is -1.74. The summed E-state index contributed by atoms with van der Waals surface area (Å²) in [5.41, 5.74) is 1.32. The summed E-state index contributed by atoms with van der Waals surface area (Å²) in [4.78, 5) is 0. The van der Waals surface area contributed by atoms with Gasteiger partial charge in [0.25, 0.3) is 0 Å². The van der Waals surface area contributed by atoms with Crippen LogP contribution in [0.15, 0.2) is 40.8 Å². The molecule has 2 aromatic rings. The molecule has 18 heavy (non-hydrogen) atoms. The summed E-state index contributed by atoms with van der Waals surface area (Å²) < 4.78 is 11.3. The summed E-state index contributed by atoms with van der Waals surface area (Å²) in [7, 11) is 1.90. The Kier molecular flexibility index (Phi) is 4.42. The molecule has 0 aliphatic heterocycles. The zero-order valence-electron chi connectivity index (χ0n) is 10.9. The Bertz CT molecular complexity index is 473. The lowest BCUT2D eigenvalue weighted by Crippen LogP contribution is -2.03. The summed E-state index contributed by atoms with van der Waals surface area (Å²) in [6, 6.07) is 12.1. The van der Waals surface area contributed by atoms with E-state index in [4.69, 9.17) is 9.15 Å². The van der Waals surface area contributed by atoms with Crippen molar-refractivity contribution in [3.8, 4) is 5.75 Å². The molecule has 3 heteroatoms. The van der Waals surface area contributed by atoms with E-state index < -0.39 is 0 Å². The second-order valence-corrected chi connectivity index (χ2v) is 4.18. The zero-order valence-corrected chi connectivity index (χ0v) is 10.9. The molecule has 0 radical (unpaired) electrons. The highest BCUT2D eigenvalue weighted by atomic mass is 16.5. The molecular formula is C15H19NO2. The van der Waals surface area contributed by atoms with Crippen LogP contribution >= 0.6 is 0 Å². The molecule has 0 saturated carbocycles. The van der Waals surface area contributed by atoms with Gasteiger partial charge in [0, 0.05) is 0 Å². The van der Waals surface area contributed by atoms with E-state index in [1.807, 2.05) is 31.3 Å². The molecule has 1 heterocycles. The second kappa shape index (κ2) is 6.26. The van der Waals surface area contributed by atoms with Gasteiger partial charge in [-0.15, -0.1) is 0 Å². The molecule has 0 bridgehead atoms. The minimum Gasteiger partial charge on any atom is -0.486 e. The van der Waals surface area contributed by atoms with Gasteiger partial charge in [0.05, 0.1) is 6.54 Å². The smallest absolute Gasteiger partial charge is 0.146 e. The van der Waals surface area contributed by atoms with Gasteiger partial charge in [0.15, 0.2) is 0 Å². The first-order valence-electron chi connectivity index (χ1n) is 6.25. The van der Waals surface area contributed by atoms with Crippen LogP contribution in [0.4, 0.5) is 0 Å². The van der Waals surface area contributed by atoms with Crippen molar-refractivity contribution >= 4 is 0 Å². The van der Waals surface area contributed by atoms with E-state index in [2.05, 4.69) is 24.4 Å². The Morgan fingerprint density at radius 2 is 1.78 bits per heavy atom. The molecule has 0 atom stereocenters. The van der Waals surface area contributed by atoms with Crippen LogP contribution in [0.1, 0.15) is 24.0 Å². The summed E-state index contributed by atoms with van der Waals surface area (Å²) >= 11 is 0. The molecule has 0 unspecified atom stereocenters. The predicted molar refractivity (Wildman–Crippen MR) is 71.6 cm³/mol. The normalized spacial score (nSPS) is 10.6. The van der Waals surface area contributed by atoms with E-state index in [0.29, 0.717) is 6.61 Å². The monoisotopic (exact) mass is 245 g/mol. The molecule has 0 aliphatic rings. The van der Waals surface area contributed by atoms with E-state index >= 15 is 0 Å². The maximum Gasteiger partial charge on any atom is 0.146 e. The molecule has 0 fully saturated rings. The number of hydrogen-bond acceptors (Lipinski definition) is 3. The average molecular weight is 245 g/mol. The number of nitrogens with one attached hydrogen (secondary N) is 1. The van der Waals surface area contributed by atoms with Crippen molar-refractivity contribution in [3.05, 3.63) is 53.5 Å². The third kappa shape index (κ3) is 3.37. The third-order valence-electron chi connectivity index (χ3n) is 2.78. The highest BCUT2D eigenvalue weighted by Gasteiger charge is 2.02. The zero-order chi connectivity index (χ0) is 12.8. The molecule has 1 aromatic carbocycles. The minimum atomic E-state index is 0.467. The third-order valence-corrected chi connectivity index (χ3v) is 2.78. The second-order valence-electron chi connectivity index (χ2n) is 4.18. The van der Waals surface area contributed by atoms with Crippen LogP contribution in [-0.4, -0.2) is 7.05 Å². The average Bonchev–Trinajstić information content (AvgIpc) is 2.85. The van der Waals surface area contributed by atoms with Crippen LogP contribution < -0.4 is 10.1 Å². The molecule has 1 N–H and O–H groups in total. The highest BCUT2D eigenvalue weighted by molar-refractivity contribution is 5.27. The van der Waals surface area contributed by atoms with E-state index in [-0.39, 0.29) is 0 Å². The fourth-order valence-corrected chi connectivity index (χ4v) is 1.74. The van der Waals surface area contributed by atoms with Gasteiger partial charge in [-0.25, -0.2) is 0 Å². The van der Waals surface area contributed by atoms with Crippen molar-refractivity contribution in [1.82, 2.24) is 5.32 Å². The molecule has 0 spiro atoms. The van der Waals surface area contributed by atoms with Gasteiger partial charge < -0.3 is 14.5 Å². The van der Waals surface area contributed by atoms with Crippen molar-refractivity contribution in [1.29, 1.82) is 0 Å². The topological polar surface area (TPSA) is 34.4 Å². The van der Waals surface area contributed by atoms with Crippen LogP contribution in [0.2, 0.25) is 0 Å². The Morgan fingerprint density at radius 1 is 1.06 bits per heavy atom. The van der Waals surface area contributed by atoms with Gasteiger partial charge in [-0.05, 0) is 43.3 Å². The largest absolute Gasteiger partial charge is 0.486 e. The van der Waals surface area contributed by atoms with Gasteiger partial charge in [-0.3, -0.25) is 0 Å². The fraction of sp³-hybridized carbons (Fsp3) is 0.333. The van der Waals surface area contributed by atoms with Crippen LogP contribution in [0, 0.1) is 0 Å². The first-order chi connectivity index (χ1) is 8.81. The van der Waals surface area contributed by atoms with E-state index in [9.17, 15) is 0 Å². The van der Waals surface area contributed by atoms with Gasteiger partial charge >= 0.3 is 0 Å². The SMILES string of the molecule is CCc1ccc(OCc2ccc(CNC)o2)cc1. The maximum atomic E-state index is 5.67. The lowest BCUT2D eigenvalue weighted by molar-refractivity contribution is 0.265. The molecule has 2 rings (SSSR count). The Balaban J connectivity index is 1.89. The first-order valence-corrected chi connectivity index (χ1v) is 6.25. The van der Waals surface area contributed by atoms with Crippen LogP contribution in [0.5, 0.6) is 5.75 Å². The summed E-state index contributed by atoms with van der Waals surface area (Å²) in [5, 5.41) is 3.05. The summed E-state index contributed by atoms with van der Waals surface area (Å²) in [6.07, 6.45) is 1.05. The van der Waals surface area contributed by atoms with E-state index in [1.54, 1.807) is 0 Å². The van der Waals surface area contributed by atoms with Gasteiger partial charge in [0.1, 0.15) is 23.9 Å². The lowest BCUT2D eigenvalue weighted by atomic mass is 10.2. The molecule has 0 amide bonds. The van der Waals surface area contributed by atoms with Crippen LogP contribution in [0.3, 0.4) is 0 Å². The lowest BCUT2D eigenvalue weighted by Gasteiger charge is -2.05. The molecule has 96 valence electrons. The maximum absolute atomic E-state index is 5.67. The van der Waals surface area contributed by atoms with Crippen molar-refractivity contribution in [2.75, 3.05) is 7.05 Å². The van der Waals surface area contributed by atoms with Crippen LogP contribution in [0.25, 0.3) is 0 Å². The molecular weight excluding hydrogens is 226 g/mol. The molecule has 0 aliphatic carbocycles. The van der Waals surface area contributed by atoms with Crippen molar-refractivity contribution < 1.29 is 9.15 Å². The van der Waals surface area contributed by atoms with Crippen molar-refractivity contribution in [2.24, 2.45) is 0 Å². The quantitative estimate of drug-likeness (QED) is 0.849. The minimum absolute atomic E-state index is 0.467. The van der Waals surface area contributed by atoms with Gasteiger partial charge in [-0.1, -0.05) is 19.1 Å². The summed E-state index contributed by atoms with van der Waals surface area (Å²) in [5.74, 6) is 2.65. The Morgan fingerprint density at radius 3 is 2.44 bits per heavy atom. The number of benzene rings is 1. The van der Waals surface area contributed by atoms with Crippen molar-refractivity contribution in [2.45, 2.75) is 26.5 Å². The first kappa shape index (κ1) is 12.7. The fourth-order valence-electron chi connectivity index (χ4n) is 1.74. The Labute approximate surface area is 108 Å². The van der Waals surface area contributed by atoms with E-state index in [1.165, 1.54) is 5.56 Å². The number of furan rings is 1. The predicted octanol–water partition coefficient (Wildman–Crippen LogP) is 3.14. The highest BCUT2D eigenvalue weighted by Crippen LogP contribution is 2.15.